The Balaban J connectivity index is 2.22. The zero-order chi connectivity index (χ0) is 13.2. The van der Waals surface area contributed by atoms with E-state index in [1.807, 2.05) is 0 Å². The number of aryl methyl sites for hydroxylation is 1. The van der Waals surface area contributed by atoms with Gasteiger partial charge in [-0.2, -0.15) is 0 Å². The number of nitrogens with zero attached hydrogens (tertiary/aromatic N) is 1. The lowest BCUT2D eigenvalue weighted by Crippen LogP contribution is -2.24. The molecule has 18 heavy (non-hydrogen) atoms. The van der Waals surface area contributed by atoms with Crippen LogP contribution in [0.2, 0.25) is 0 Å². The topological polar surface area (TPSA) is 92.4 Å². The average Bonchev–Trinajstić information content (AvgIpc) is 2.95. The SMILES string of the molecule is Cc1csc(CO)c1S(=O)(=O)NCc1ccno1. The van der Waals surface area contributed by atoms with Gasteiger partial charge in [0.15, 0.2) is 5.76 Å². The highest BCUT2D eigenvalue weighted by atomic mass is 32.2. The van der Waals surface area contributed by atoms with E-state index in [0.29, 0.717) is 16.2 Å². The van der Waals surface area contributed by atoms with E-state index in [1.54, 1.807) is 18.4 Å². The molecule has 0 atom stereocenters. The lowest BCUT2D eigenvalue weighted by atomic mass is 10.3. The number of hydrogen-bond acceptors (Lipinski definition) is 6. The minimum Gasteiger partial charge on any atom is -0.391 e. The first kappa shape index (κ1) is 13.2. The van der Waals surface area contributed by atoms with E-state index in [1.165, 1.54) is 17.5 Å². The molecule has 0 amide bonds. The number of sulfonamides is 1. The molecule has 0 fully saturated rings. The molecule has 0 saturated carbocycles. The molecule has 0 aliphatic carbocycles. The monoisotopic (exact) mass is 288 g/mol. The van der Waals surface area contributed by atoms with Gasteiger partial charge in [-0.25, -0.2) is 13.1 Å². The number of aromatic nitrogens is 1. The number of hydrogen-bond donors (Lipinski definition) is 2. The molecule has 2 N–H and O–H groups in total. The van der Waals surface area contributed by atoms with Gasteiger partial charge in [-0.15, -0.1) is 11.3 Å². The highest BCUT2D eigenvalue weighted by Gasteiger charge is 2.22. The Kier molecular flexibility index (Phi) is 3.81. The quantitative estimate of drug-likeness (QED) is 0.856. The fourth-order valence-electron chi connectivity index (χ4n) is 1.53. The van der Waals surface area contributed by atoms with E-state index in [-0.39, 0.29) is 18.0 Å². The van der Waals surface area contributed by atoms with E-state index < -0.39 is 10.0 Å². The van der Waals surface area contributed by atoms with Crippen LogP contribution in [-0.4, -0.2) is 18.7 Å². The molecule has 0 aliphatic rings. The fraction of sp³-hybridized carbons (Fsp3) is 0.300. The summed E-state index contributed by atoms with van der Waals surface area (Å²) in [6.07, 6.45) is 1.44. The predicted octanol–water partition coefficient (Wildman–Crippen LogP) is 1.02. The summed E-state index contributed by atoms with van der Waals surface area (Å²) in [6, 6.07) is 1.58. The molecule has 0 bridgehead atoms. The Hall–Kier alpha value is -1.22. The lowest BCUT2D eigenvalue weighted by Gasteiger charge is -2.06. The predicted molar refractivity (Wildman–Crippen MR) is 65.5 cm³/mol. The summed E-state index contributed by atoms with van der Waals surface area (Å²) in [5.74, 6) is 0.428. The van der Waals surface area contributed by atoms with Gasteiger partial charge in [0, 0.05) is 6.07 Å². The van der Waals surface area contributed by atoms with E-state index in [0.717, 1.165) is 0 Å². The molecule has 0 aliphatic heterocycles. The van der Waals surface area contributed by atoms with Crippen molar-refractivity contribution in [3.63, 3.8) is 0 Å². The molecule has 0 saturated heterocycles. The third kappa shape index (κ3) is 2.61. The zero-order valence-electron chi connectivity index (χ0n) is 9.58. The second kappa shape index (κ2) is 5.19. The summed E-state index contributed by atoms with van der Waals surface area (Å²) in [5.41, 5.74) is 0.620. The van der Waals surface area contributed by atoms with Crippen LogP contribution in [0.5, 0.6) is 0 Å². The first-order chi connectivity index (χ1) is 8.54. The molecule has 0 unspecified atom stereocenters. The maximum Gasteiger partial charge on any atom is 0.242 e. The van der Waals surface area contributed by atoms with Crippen molar-refractivity contribution in [2.24, 2.45) is 0 Å². The maximum atomic E-state index is 12.1. The van der Waals surface area contributed by atoms with Crippen LogP contribution in [0.4, 0.5) is 0 Å². The average molecular weight is 288 g/mol. The summed E-state index contributed by atoms with van der Waals surface area (Å²) in [4.78, 5) is 0.576. The number of aliphatic hydroxyl groups excluding tert-OH is 1. The Bertz CT molecular complexity index is 616. The molecule has 98 valence electrons. The molecular formula is C10H12N2O4S2. The van der Waals surface area contributed by atoms with Crippen molar-refractivity contribution in [2.75, 3.05) is 0 Å². The highest BCUT2D eigenvalue weighted by Crippen LogP contribution is 2.26. The lowest BCUT2D eigenvalue weighted by molar-refractivity contribution is 0.282. The van der Waals surface area contributed by atoms with Crippen LogP contribution in [0.1, 0.15) is 16.2 Å². The Morgan fingerprint density at radius 3 is 2.94 bits per heavy atom. The normalized spacial score (nSPS) is 11.9. The molecule has 2 aromatic rings. The van der Waals surface area contributed by atoms with Gasteiger partial charge in [-0.3, -0.25) is 0 Å². The van der Waals surface area contributed by atoms with Crippen molar-refractivity contribution in [1.29, 1.82) is 0 Å². The van der Waals surface area contributed by atoms with Crippen LogP contribution in [0.25, 0.3) is 0 Å². The summed E-state index contributed by atoms with van der Waals surface area (Å²) in [6.45, 7) is 1.43. The van der Waals surface area contributed by atoms with Crippen molar-refractivity contribution in [3.05, 3.63) is 33.8 Å². The maximum absolute atomic E-state index is 12.1. The smallest absolute Gasteiger partial charge is 0.242 e. The van der Waals surface area contributed by atoms with Crippen molar-refractivity contribution >= 4 is 21.4 Å². The highest BCUT2D eigenvalue weighted by molar-refractivity contribution is 7.89. The third-order valence-electron chi connectivity index (χ3n) is 2.33. The van der Waals surface area contributed by atoms with Crippen LogP contribution >= 0.6 is 11.3 Å². The fourth-order valence-corrected chi connectivity index (χ4v) is 4.18. The minimum absolute atomic E-state index is 0.0302. The van der Waals surface area contributed by atoms with Gasteiger partial charge in [0.2, 0.25) is 10.0 Å². The standard InChI is InChI=1S/C10H12N2O4S2/c1-7-6-17-9(5-13)10(7)18(14,15)12-4-8-2-3-11-16-8/h2-3,6,12-13H,4-5H2,1H3. The van der Waals surface area contributed by atoms with Crippen LogP contribution in [-0.2, 0) is 23.2 Å². The number of thiophene rings is 1. The third-order valence-corrected chi connectivity index (χ3v) is 5.18. The zero-order valence-corrected chi connectivity index (χ0v) is 11.2. The summed E-state index contributed by atoms with van der Waals surface area (Å²) in [7, 11) is -3.65. The molecule has 6 nitrogen and oxygen atoms in total. The summed E-state index contributed by atoms with van der Waals surface area (Å²) < 4.78 is 31.4. The Morgan fingerprint density at radius 2 is 2.33 bits per heavy atom. The van der Waals surface area contributed by atoms with E-state index >= 15 is 0 Å². The molecule has 2 aromatic heterocycles. The first-order valence-corrected chi connectivity index (χ1v) is 7.48. The van der Waals surface area contributed by atoms with Gasteiger partial charge in [-0.1, -0.05) is 5.16 Å². The summed E-state index contributed by atoms with van der Waals surface area (Å²) in [5, 5.41) is 14.3. The molecular weight excluding hydrogens is 276 g/mol. The Morgan fingerprint density at radius 1 is 1.56 bits per heavy atom. The van der Waals surface area contributed by atoms with Crippen molar-refractivity contribution in [3.8, 4) is 0 Å². The van der Waals surface area contributed by atoms with Gasteiger partial charge in [0.1, 0.15) is 4.90 Å². The van der Waals surface area contributed by atoms with E-state index in [2.05, 4.69) is 9.88 Å². The molecule has 0 radical (unpaired) electrons. The van der Waals surface area contributed by atoms with Crippen LogP contribution in [0.3, 0.4) is 0 Å². The van der Waals surface area contributed by atoms with Crippen molar-refractivity contribution in [2.45, 2.75) is 25.0 Å². The second-order valence-corrected chi connectivity index (χ2v) is 6.30. The summed E-state index contributed by atoms with van der Waals surface area (Å²) >= 11 is 1.22. The molecule has 0 spiro atoms. The van der Waals surface area contributed by atoms with Gasteiger partial charge < -0.3 is 9.63 Å². The number of nitrogens with one attached hydrogen (secondary N) is 1. The number of rotatable bonds is 5. The molecule has 0 aromatic carbocycles. The molecule has 8 heteroatoms. The second-order valence-electron chi connectivity index (χ2n) is 3.63. The van der Waals surface area contributed by atoms with Crippen molar-refractivity contribution < 1.29 is 18.0 Å². The number of aliphatic hydroxyl groups is 1. The van der Waals surface area contributed by atoms with Crippen LogP contribution in [0, 0.1) is 6.92 Å². The molecule has 2 rings (SSSR count). The van der Waals surface area contributed by atoms with Gasteiger partial charge >= 0.3 is 0 Å². The van der Waals surface area contributed by atoms with E-state index in [4.69, 9.17) is 9.63 Å². The minimum atomic E-state index is -3.65. The van der Waals surface area contributed by atoms with Gasteiger partial charge in [-0.05, 0) is 17.9 Å². The van der Waals surface area contributed by atoms with Crippen LogP contribution in [0.15, 0.2) is 27.1 Å². The first-order valence-electron chi connectivity index (χ1n) is 5.11. The largest absolute Gasteiger partial charge is 0.391 e. The van der Waals surface area contributed by atoms with Crippen molar-refractivity contribution in [1.82, 2.24) is 9.88 Å². The van der Waals surface area contributed by atoms with Gasteiger partial charge in [0.05, 0.1) is 24.2 Å². The van der Waals surface area contributed by atoms with Gasteiger partial charge in [0.25, 0.3) is 0 Å². The van der Waals surface area contributed by atoms with E-state index in [9.17, 15) is 8.42 Å². The Labute approximate surface area is 108 Å². The van der Waals surface area contributed by atoms with Crippen LogP contribution < -0.4 is 4.72 Å². The molecule has 2 heterocycles.